The molecule has 0 aliphatic rings. The van der Waals surface area contributed by atoms with Crippen LogP contribution in [0.25, 0.3) is 0 Å². The smallest absolute Gasteiger partial charge is 0.337 e. The van der Waals surface area contributed by atoms with E-state index in [9.17, 15) is 14.7 Å². The van der Waals surface area contributed by atoms with E-state index in [0.29, 0.717) is 22.0 Å². The largest absolute Gasteiger partial charge is 0.478 e. The number of benzene rings is 1. The lowest BCUT2D eigenvalue weighted by Crippen LogP contribution is -2.36. The van der Waals surface area contributed by atoms with E-state index in [-0.39, 0.29) is 17.3 Å². The van der Waals surface area contributed by atoms with Gasteiger partial charge in [-0.05, 0) is 40.9 Å². The van der Waals surface area contributed by atoms with Gasteiger partial charge in [-0.25, -0.2) is 9.59 Å². The number of carbonyl (C=O) groups is 2. The van der Waals surface area contributed by atoms with Crippen molar-refractivity contribution in [1.82, 2.24) is 4.90 Å². The van der Waals surface area contributed by atoms with Gasteiger partial charge in [0.2, 0.25) is 0 Å². The van der Waals surface area contributed by atoms with Crippen LogP contribution in [-0.4, -0.2) is 35.1 Å². The molecule has 0 aliphatic carbocycles. The van der Waals surface area contributed by atoms with E-state index in [1.54, 1.807) is 11.0 Å². The summed E-state index contributed by atoms with van der Waals surface area (Å²) in [5.41, 5.74) is 0.311. The van der Waals surface area contributed by atoms with Gasteiger partial charge in [0.05, 0.1) is 11.3 Å². The summed E-state index contributed by atoms with van der Waals surface area (Å²) < 4.78 is 1.15. The number of halogens is 2. The second kappa shape index (κ2) is 8.38. The minimum absolute atomic E-state index is 0.0394. The van der Waals surface area contributed by atoms with Crippen LogP contribution in [0.15, 0.2) is 21.1 Å². The number of aromatic carboxylic acids is 1. The first-order valence-electron chi connectivity index (χ1n) is 6.68. The first kappa shape index (κ1) is 18.0. The van der Waals surface area contributed by atoms with Crippen LogP contribution in [0.4, 0.5) is 10.5 Å². The van der Waals surface area contributed by atoms with Crippen molar-refractivity contribution in [2.75, 3.05) is 18.4 Å². The normalized spacial score (nSPS) is 10.3. The fourth-order valence-electron chi connectivity index (χ4n) is 1.91. The van der Waals surface area contributed by atoms with Crippen LogP contribution in [0.5, 0.6) is 0 Å². The van der Waals surface area contributed by atoms with Gasteiger partial charge in [-0.1, -0.05) is 29.8 Å². The predicted octanol–water partition coefficient (Wildman–Crippen LogP) is 4.56. The number of carbonyl (C=O) groups excluding carboxylic acids is 1. The summed E-state index contributed by atoms with van der Waals surface area (Å²) in [7, 11) is 0. The Balaban J connectivity index is 3.06. The maximum absolute atomic E-state index is 12.3. The molecular formula is C14H18Br2N2O3. The Morgan fingerprint density at radius 1 is 1.19 bits per heavy atom. The van der Waals surface area contributed by atoms with E-state index in [2.05, 4.69) is 37.2 Å². The minimum atomic E-state index is -1.09. The molecule has 116 valence electrons. The van der Waals surface area contributed by atoms with E-state index < -0.39 is 5.97 Å². The van der Waals surface area contributed by atoms with Crippen LogP contribution in [0, 0.1) is 0 Å². The number of rotatable bonds is 6. The van der Waals surface area contributed by atoms with Gasteiger partial charge in [0.25, 0.3) is 0 Å². The van der Waals surface area contributed by atoms with Crippen molar-refractivity contribution < 1.29 is 14.7 Å². The second-order valence-electron chi connectivity index (χ2n) is 4.53. The van der Waals surface area contributed by atoms with Crippen LogP contribution >= 0.6 is 31.9 Å². The summed E-state index contributed by atoms with van der Waals surface area (Å²) in [5, 5.41) is 12.0. The van der Waals surface area contributed by atoms with E-state index in [1.165, 1.54) is 6.07 Å². The van der Waals surface area contributed by atoms with Crippen molar-refractivity contribution in [3.05, 3.63) is 26.6 Å². The molecule has 0 radical (unpaired) electrons. The van der Waals surface area contributed by atoms with Gasteiger partial charge < -0.3 is 15.3 Å². The van der Waals surface area contributed by atoms with Gasteiger partial charge in [-0.2, -0.15) is 0 Å². The molecule has 0 aliphatic heterocycles. The number of urea groups is 1. The van der Waals surface area contributed by atoms with Crippen molar-refractivity contribution >= 4 is 49.5 Å². The zero-order chi connectivity index (χ0) is 16.0. The summed E-state index contributed by atoms with van der Waals surface area (Å²) in [6.45, 7) is 5.26. The number of hydrogen-bond donors (Lipinski definition) is 2. The molecular weight excluding hydrogens is 404 g/mol. The molecule has 7 heteroatoms. The zero-order valence-electron chi connectivity index (χ0n) is 11.9. The lowest BCUT2D eigenvalue weighted by atomic mass is 10.2. The number of carboxylic acids is 1. The van der Waals surface area contributed by atoms with Crippen LogP contribution in [-0.2, 0) is 0 Å². The zero-order valence-corrected chi connectivity index (χ0v) is 15.1. The molecule has 5 nitrogen and oxygen atoms in total. The topological polar surface area (TPSA) is 69.6 Å². The molecule has 0 saturated carbocycles. The average molecular weight is 422 g/mol. The minimum Gasteiger partial charge on any atom is -0.478 e. The van der Waals surface area contributed by atoms with Crippen molar-refractivity contribution in [1.29, 1.82) is 0 Å². The predicted molar refractivity (Wildman–Crippen MR) is 90.0 cm³/mol. The summed E-state index contributed by atoms with van der Waals surface area (Å²) in [5.74, 6) is -1.09. The van der Waals surface area contributed by atoms with Crippen LogP contribution in [0.3, 0.4) is 0 Å². The van der Waals surface area contributed by atoms with Gasteiger partial charge >= 0.3 is 12.0 Å². The van der Waals surface area contributed by atoms with Crippen LogP contribution in [0.2, 0.25) is 0 Å². The molecule has 0 saturated heterocycles. The molecule has 0 bridgehead atoms. The van der Waals surface area contributed by atoms with Crippen molar-refractivity contribution in [3.8, 4) is 0 Å². The Kier molecular flexibility index (Phi) is 7.17. The maximum Gasteiger partial charge on any atom is 0.337 e. The summed E-state index contributed by atoms with van der Waals surface area (Å²) >= 11 is 6.54. The van der Waals surface area contributed by atoms with Gasteiger partial charge in [-0.3, -0.25) is 0 Å². The van der Waals surface area contributed by atoms with E-state index in [0.717, 1.165) is 12.8 Å². The molecule has 0 atom stereocenters. The number of anilines is 1. The summed E-state index contributed by atoms with van der Waals surface area (Å²) in [6.07, 6.45) is 1.70. The molecule has 0 aromatic heterocycles. The molecule has 2 N–H and O–H groups in total. The highest BCUT2D eigenvalue weighted by Crippen LogP contribution is 2.31. The lowest BCUT2D eigenvalue weighted by Gasteiger charge is -2.23. The SMILES string of the molecule is CCCN(CCC)C(=O)Nc1c(Br)cc(Br)cc1C(=O)O. The first-order valence-corrected chi connectivity index (χ1v) is 8.27. The van der Waals surface area contributed by atoms with Crippen LogP contribution < -0.4 is 5.32 Å². The van der Waals surface area contributed by atoms with E-state index in [1.807, 2.05) is 13.8 Å². The monoisotopic (exact) mass is 420 g/mol. The Labute approximate surface area is 141 Å². The number of hydrogen-bond acceptors (Lipinski definition) is 2. The third kappa shape index (κ3) is 5.00. The molecule has 0 spiro atoms. The van der Waals surface area contributed by atoms with Crippen molar-refractivity contribution in [2.24, 2.45) is 0 Å². The Hall–Kier alpha value is -1.08. The van der Waals surface area contributed by atoms with Crippen molar-refractivity contribution in [3.63, 3.8) is 0 Å². The number of nitrogens with one attached hydrogen (secondary N) is 1. The quantitative estimate of drug-likeness (QED) is 0.706. The molecule has 21 heavy (non-hydrogen) atoms. The van der Waals surface area contributed by atoms with Crippen molar-refractivity contribution in [2.45, 2.75) is 26.7 Å². The number of carboxylic acid groups (broad SMARTS) is 1. The van der Waals surface area contributed by atoms with Gasteiger partial charge in [0, 0.05) is 22.0 Å². The average Bonchev–Trinajstić information content (AvgIpc) is 2.40. The summed E-state index contributed by atoms with van der Waals surface area (Å²) in [6, 6.07) is 2.88. The Bertz CT molecular complexity index is 529. The molecule has 0 unspecified atom stereocenters. The molecule has 1 aromatic carbocycles. The highest BCUT2D eigenvalue weighted by molar-refractivity contribution is 9.11. The number of nitrogens with zero attached hydrogens (tertiary/aromatic N) is 1. The third-order valence-corrected chi connectivity index (χ3v) is 3.87. The Morgan fingerprint density at radius 2 is 1.76 bits per heavy atom. The van der Waals surface area contributed by atoms with E-state index in [4.69, 9.17) is 0 Å². The molecule has 0 heterocycles. The van der Waals surface area contributed by atoms with Crippen LogP contribution in [0.1, 0.15) is 37.0 Å². The molecule has 0 fully saturated rings. The lowest BCUT2D eigenvalue weighted by molar-refractivity contribution is 0.0698. The summed E-state index contributed by atoms with van der Waals surface area (Å²) in [4.78, 5) is 25.3. The second-order valence-corrected chi connectivity index (χ2v) is 6.30. The van der Waals surface area contributed by atoms with Gasteiger partial charge in [0.15, 0.2) is 0 Å². The standard InChI is InChI=1S/C14H18Br2N2O3/c1-3-5-18(6-4-2)14(21)17-12-10(13(19)20)7-9(15)8-11(12)16/h7-8H,3-6H2,1-2H3,(H,17,21)(H,19,20). The first-order chi connectivity index (χ1) is 9.90. The molecule has 1 rings (SSSR count). The highest BCUT2D eigenvalue weighted by Gasteiger charge is 2.19. The Morgan fingerprint density at radius 3 is 2.24 bits per heavy atom. The highest BCUT2D eigenvalue weighted by atomic mass is 79.9. The molecule has 2 amide bonds. The van der Waals surface area contributed by atoms with Gasteiger partial charge in [-0.15, -0.1) is 0 Å². The fourth-order valence-corrected chi connectivity index (χ4v) is 3.23. The fraction of sp³-hybridized carbons (Fsp3) is 0.429. The molecule has 1 aromatic rings. The van der Waals surface area contributed by atoms with Gasteiger partial charge in [0.1, 0.15) is 0 Å². The third-order valence-electron chi connectivity index (χ3n) is 2.79. The number of amides is 2. The van der Waals surface area contributed by atoms with E-state index >= 15 is 0 Å². The maximum atomic E-state index is 12.3.